The van der Waals surface area contributed by atoms with Gasteiger partial charge in [0.25, 0.3) is 5.91 Å². The Labute approximate surface area is 141 Å². The number of fused-ring (bicyclic) bond motifs is 1. The summed E-state index contributed by atoms with van der Waals surface area (Å²) in [5.41, 5.74) is 11.8. The summed E-state index contributed by atoms with van der Waals surface area (Å²) in [6.07, 6.45) is 4.42. The summed E-state index contributed by atoms with van der Waals surface area (Å²) >= 11 is 0. The van der Waals surface area contributed by atoms with Crippen molar-refractivity contribution in [2.24, 2.45) is 11.5 Å². The van der Waals surface area contributed by atoms with Crippen molar-refractivity contribution in [3.8, 4) is 0 Å². The van der Waals surface area contributed by atoms with Gasteiger partial charge in [-0.2, -0.15) is 0 Å². The van der Waals surface area contributed by atoms with E-state index in [4.69, 9.17) is 11.5 Å². The molecule has 25 heavy (non-hydrogen) atoms. The van der Waals surface area contributed by atoms with Gasteiger partial charge in [0.2, 0.25) is 5.91 Å². The topological polar surface area (TPSA) is 162 Å². The van der Waals surface area contributed by atoms with Crippen LogP contribution in [0.5, 0.6) is 0 Å². The molecule has 6 N–H and O–H groups in total. The lowest BCUT2D eigenvalue weighted by Gasteiger charge is -2.11. The van der Waals surface area contributed by atoms with Gasteiger partial charge in [0.05, 0.1) is 18.3 Å². The second-order valence-corrected chi connectivity index (χ2v) is 5.06. The van der Waals surface area contributed by atoms with E-state index in [-0.39, 0.29) is 23.9 Å². The van der Waals surface area contributed by atoms with E-state index in [0.29, 0.717) is 5.69 Å². The number of hydrogen-bond donors (Lipinski definition) is 4. The molecule has 0 unspecified atom stereocenters. The van der Waals surface area contributed by atoms with E-state index in [1.807, 2.05) is 0 Å². The van der Waals surface area contributed by atoms with Crippen LogP contribution >= 0.6 is 0 Å². The van der Waals surface area contributed by atoms with Crippen LogP contribution in [-0.2, 0) is 4.79 Å². The first-order valence-corrected chi connectivity index (χ1v) is 7.19. The van der Waals surface area contributed by atoms with Crippen LogP contribution in [0.1, 0.15) is 10.5 Å². The van der Waals surface area contributed by atoms with Crippen molar-refractivity contribution in [1.29, 1.82) is 0 Å². The second kappa shape index (κ2) is 6.74. The molecule has 2 aromatic heterocycles. The number of primary amides is 2. The van der Waals surface area contributed by atoms with Crippen LogP contribution in [-0.4, -0.2) is 38.3 Å². The maximum Gasteiger partial charge on any atom is 0.271 e. The molecule has 0 aliphatic heterocycles. The zero-order valence-corrected chi connectivity index (χ0v) is 12.9. The third-order valence-electron chi connectivity index (χ3n) is 3.22. The van der Waals surface area contributed by atoms with Crippen molar-refractivity contribution >= 4 is 40.0 Å². The van der Waals surface area contributed by atoms with Gasteiger partial charge in [-0.1, -0.05) is 0 Å². The highest BCUT2D eigenvalue weighted by atomic mass is 16.1. The smallest absolute Gasteiger partial charge is 0.271 e. The molecule has 2 amide bonds. The molecule has 0 saturated heterocycles. The normalized spacial score (nSPS) is 10.4. The van der Waals surface area contributed by atoms with E-state index in [9.17, 15) is 9.59 Å². The minimum Gasteiger partial charge on any atom is -0.368 e. The Morgan fingerprint density at radius 1 is 1.12 bits per heavy atom. The molecule has 1 aromatic carbocycles. The Morgan fingerprint density at radius 3 is 2.72 bits per heavy atom. The lowest BCUT2D eigenvalue weighted by molar-refractivity contribution is -0.116. The maximum atomic E-state index is 11.6. The first-order valence-electron chi connectivity index (χ1n) is 7.19. The molecule has 0 bridgehead atoms. The Morgan fingerprint density at radius 2 is 1.96 bits per heavy atom. The minimum absolute atomic E-state index is 0.0333. The molecule has 0 aliphatic carbocycles. The monoisotopic (exact) mass is 338 g/mol. The molecular weight excluding hydrogens is 324 g/mol. The first kappa shape index (κ1) is 16.1. The van der Waals surface area contributed by atoms with Crippen LogP contribution in [0.4, 0.5) is 17.3 Å². The van der Waals surface area contributed by atoms with Crippen molar-refractivity contribution in [3.63, 3.8) is 0 Å². The molecule has 10 heteroatoms. The van der Waals surface area contributed by atoms with Gasteiger partial charge in [0, 0.05) is 17.3 Å². The zero-order chi connectivity index (χ0) is 17.8. The van der Waals surface area contributed by atoms with Gasteiger partial charge < -0.3 is 22.1 Å². The number of amides is 2. The molecule has 0 radical (unpaired) electrons. The second-order valence-electron chi connectivity index (χ2n) is 5.06. The van der Waals surface area contributed by atoms with Gasteiger partial charge in [0.1, 0.15) is 12.1 Å². The molecule has 3 rings (SSSR count). The lowest BCUT2D eigenvalue weighted by Crippen LogP contribution is -2.23. The Kier molecular flexibility index (Phi) is 4.33. The van der Waals surface area contributed by atoms with Gasteiger partial charge in [-0.25, -0.2) is 19.9 Å². The van der Waals surface area contributed by atoms with Crippen molar-refractivity contribution in [2.75, 3.05) is 17.2 Å². The number of aromatic nitrogens is 4. The van der Waals surface area contributed by atoms with Crippen LogP contribution in [0.2, 0.25) is 0 Å². The minimum atomic E-state index is -0.736. The zero-order valence-electron chi connectivity index (χ0n) is 12.9. The summed E-state index contributed by atoms with van der Waals surface area (Å²) in [4.78, 5) is 38.7. The van der Waals surface area contributed by atoms with Crippen molar-refractivity contribution in [1.82, 2.24) is 19.9 Å². The fourth-order valence-corrected chi connectivity index (χ4v) is 2.12. The van der Waals surface area contributed by atoms with Crippen molar-refractivity contribution < 1.29 is 9.59 Å². The van der Waals surface area contributed by atoms with Crippen molar-refractivity contribution in [3.05, 3.63) is 42.6 Å². The highest BCUT2D eigenvalue weighted by Gasteiger charge is 2.13. The van der Waals surface area contributed by atoms with Crippen LogP contribution < -0.4 is 22.1 Å². The fourth-order valence-electron chi connectivity index (χ4n) is 2.12. The molecule has 126 valence electrons. The molecule has 0 saturated carbocycles. The molecule has 0 atom stereocenters. The molecule has 0 aliphatic rings. The van der Waals surface area contributed by atoms with E-state index >= 15 is 0 Å². The van der Waals surface area contributed by atoms with E-state index in [1.165, 1.54) is 12.5 Å². The predicted molar refractivity (Wildman–Crippen MR) is 91.1 cm³/mol. The Hall–Kier alpha value is -3.82. The van der Waals surface area contributed by atoms with Gasteiger partial charge in [-0.05, 0) is 18.2 Å². The molecule has 3 aromatic rings. The molecule has 0 fully saturated rings. The maximum absolute atomic E-state index is 11.6. The van der Waals surface area contributed by atoms with Gasteiger partial charge >= 0.3 is 0 Å². The number of carbonyl (C=O) groups excluding carboxylic acids is 2. The van der Waals surface area contributed by atoms with E-state index in [1.54, 1.807) is 24.4 Å². The van der Waals surface area contributed by atoms with E-state index in [2.05, 4.69) is 30.6 Å². The van der Waals surface area contributed by atoms with E-state index in [0.717, 1.165) is 10.9 Å². The summed E-state index contributed by atoms with van der Waals surface area (Å²) in [6.45, 7) is -0.114. The highest BCUT2D eigenvalue weighted by Crippen LogP contribution is 2.22. The standard InChI is InChI=1S/C15H14N8O2/c16-11(24)5-19-12-6-20-13(14(17)25)15(23-12)22-9-1-2-10-8(3-9)4-18-7-21-10/h1-4,6-7H,5H2,(H2,16,24)(H2,17,25)(H2,19,22,23). The molecular formula is C15H14N8O2. The van der Waals surface area contributed by atoms with Crippen LogP contribution in [0, 0.1) is 0 Å². The molecule has 10 nitrogen and oxygen atoms in total. The average molecular weight is 338 g/mol. The van der Waals surface area contributed by atoms with Crippen LogP contribution in [0.25, 0.3) is 10.9 Å². The predicted octanol–water partition coefficient (Wildman–Crippen LogP) is 0.159. The van der Waals surface area contributed by atoms with Gasteiger partial charge in [-0.15, -0.1) is 0 Å². The molecule has 0 spiro atoms. The number of nitrogens with zero attached hydrogens (tertiary/aromatic N) is 4. The summed E-state index contributed by atoms with van der Waals surface area (Å²) < 4.78 is 0. The Balaban J connectivity index is 1.93. The number of rotatable bonds is 6. The SMILES string of the molecule is NC(=O)CNc1cnc(C(N)=O)c(Nc2ccc3ncncc3c2)n1. The number of nitrogens with two attached hydrogens (primary N) is 2. The largest absolute Gasteiger partial charge is 0.368 e. The number of benzene rings is 1. The van der Waals surface area contributed by atoms with Crippen molar-refractivity contribution in [2.45, 2.75) is 0 Å². The Bertz CT molecular complexity index is 959. The van der Waals surface area contributed by atoms with Gasteiger partial charge in [-0.3, -0.25) is 9.59 Å². The number of nitrogens with one attached hydrogen (secondary N) is 2. The summed E-state index contributed by atoms with van der Waals surface area (Å²) in [6, 6.07) is 5.36. The highest BCUT2D eigenvalue weighted by molar-refractivity contribution is 5.96. The number of hydrogen-bond acceptors (Lipinski definition) is 8. The first-order chi connectivity index (χ1) is 12.0. The van der Waals surface area contributed by atoms with Crippen LogP contribution in [0.3, 0.4) is 0 Å². The molecule has 2 heterocycles. The fraction of sp³-hybridized carbons (Fsp3) is 0.0667. The summed E-state index contributed by atoms with van der Waals surface area (Å²) in [5.74, 6) is -0.862. The summed E-state index contributed by atoms with van der Waals surface area (Å²) in [7, 11) is 0. The average Bonchev–Trinajstić information content (AvgIpc) is 2.59. The van der Waals surface area contributed by atoms with E-state index < -0.39 is 11.8 Å². The number of anilines is 3. The lowest BCUT2D eigenvalue weighted by atomic mass is 10.2. The quantitative estimate of drug-likeness (QED) is 0.494. The van der Waals surface area contributed by atoms with Gasteiger partial charge in [0.15, 0.2) is 11.5 Å². The third-order valence-corrected chi connectivity index (χ3v) is 3.22. The number of carbonyl (C=O) groups is 2. The summed E-state index contributed by atoms with van der Waals surface area (Å²) in [5, 5.41) is 6.50. The van der Waals surface area contributed by atoms with Crippen LogP contribution in [0.15, 0.2) is 36.9 Å². The third kappa shape index (κ3) is 3.75.